The molecule has 1 rings (SSSR count). The molecule has 1 aromatic rings. The molecule has 0 spiro atoms. The van der Waals surface area contributed by atoms with E-state index in [9.17, 15) is 0 Å². The van der Waals surface area contributed by atoms with Crippen LogP contribution in [0.1, 0.15) is 31.4 Å². The number of halogens is 1. The fourth-order valence-corrected chi connectivity index (χ4v) is 1.69. The lowest BCUT2D eigenvalue weighted by Crippen LogP contribution is -2.16. The van der Waals surface area contributed by atoms with E-state index in [1.54, 1.807) is 0 Å². The molecule has 0 saturated carbocycles. The zero-order valence-electron chi connectivity index (χ0n) is 10.3. The molecule has 0 aliphatic carbocycles. The van der Waals surface area contributed by atoms with E-state index in [-0.39, 0.29) is 0 Å². The van der Waals surface area contributed by atoms with Gasteiger partial charge >= 0.3 is 0 Å². The molecule has 2 heteroatoms. The van der Waals surface area contributed by atoms with Crippen LogP contribution in [0, 0.1) is 6.92 Å². The Hall–Kier alpha value is -0.790. The monoisotopic (exact) mass is 237 g/mol. The smallest absolute Gasteiger partial charge is 0.0441 e. The van der Waals surface area contributed by atoms with Gasteiger partial charge in [0.25, 0.3) is 0 Å². The van der Waals surface area contributed by atoms with Gasteiger partial charge in [-0.25, -0.2) is 0 Å². The van der Waals surface area contributed by atoms with Crippen LogP contribution in [0.3, 0.4) is 0 Å². The first-order valence-electron chi connectivity index (χ1n) is 5.77. The van der Waals surface area contributed by atoms with E-state index >= 15 is 0 Å². The molecule has 1 N–H and O–H groups in total. The van der Waals surface area contributed by atoms with Crippen LogP contribution in [0.5, 0.6) is 0 Å². The summed E-state index contributed by atoms with van der Waals surface area (Å²) in [5.41, 5.74) is 3.63. The molecule has 0 radical (unpaired) electrons. The highest BCUT2D eigenvalue weighted by Gasteiger charge is 1.96. The number of nitrogens with one attached hydrogen (secondary N) is 1. The molecule has 0 unspecified atom stereocenters. The molecule has 1 aromatic carbocycles. The second kappa shape index (κ2) is 6.72. The second-order valence-corrected chi connectivity index (χ2v) is 4.58. The summed E-state index contributed by atoms with van der Waals surface area (Å²) in [6.45, 7) is 8.34. The van der Waals surface area contributed by atoms with E-state index in [0.29, 0.717) is 0 Å². The maximum absolute atomic E-state index is 6.08. The minimum absolute atomic E-state index is 0.836. The zero-order chi connectivity index (χ0) is 12.0. The first-order chi connectivity index (χ1) is 7.63. The fourth-order valence-electron chi connectivity index (χ4n) is 1.50. The highest BCUT2D eigenvalue weighted by atomic mass is 35.5. The van der Waals surface area contributed by atoms with E-state index < -0.39 is 0 Å². The molecule has 0 aliphatic rings. The van der Waals surface area contributed by atoms with Gasteiger partial charge in [0.2, 0.25) is 0 Å². The van der Waals surface area contributed by atoms with Crippen molar-refractivity contribution in [3.05, 3.63) is 39.9 Å². The third-order valence-electron chi connectivity index (χ3n) is 2.44. The maximum Gasteiger partial charge on any atom is 0.0441 e. The Balaban J connectivity index is 2.63. The molecule has 0 atom stereocenters. The predicted octanol–water partition coefficient (Wildman–Crippen LogP) is 4.05. The topological polar surface area (TPSA) is 12.0 Å². The SMILES string of the molecule is CCCNC/C(C)=C/c1ccc(C)c(Cl)c1. The predicted molar refractivity (Wildman–Crippen MR) is 73.0 cm³/mol. The highest BCUT2D eigenvalue weighted by molar-refractivity contribution is 6.31. The van der Waals surface area contributed by atoms with Crippen molar-refractivity contribution in [1.29, 1.82) is 0 Å². The molecule has 1 nitrogen and oxygen atoms in total. The summed E-state index contributed by atoms with van der Waals surface area (Å²) in [6, 6.07) is 6.17. The Morgan fingerprint density at radius 3 is 2.81 bits per heavy atom. The first kappa shape index (κ1) is 13.3. The van der Waals surface area contributed by atoms with Crippen LogP contribution < -0.4 is 5.32 Å². The normalized spacial score (nSPS) is 11.9. The molecular formula is C14H20ClN. The summed E-state index contributed by atoms with van der Waals surface area (Å²) in [6.07, 6.45) is 3.34. The lowest BCUT2D eigenvalue weighted by atomic mass is 10.1. The Labute approximate surface area is 104 Å². The second-order valence-electron chi connectivity index (χ2n) is 4.18. The van der Waals surface area contributed by atoms with Crippen molar-refractivity contribution in [2.24, 2.45) is 0 Å². The van der Waals surface area contributed by atoms with Gasteiger partial charge in [0.05, 0.1) is 0 Å². The van der Waals surface area contributed by atoms with Gasteiger partial charge in [-0.05, 0) is 44.0 Å². The average molecular weight is 238 g/mol. The molecule has 88 valence electrons. The van der Waals surface area contributed by atoms with Crippen molar-refractivity contribution in [1.82, 2.24) is 5.32 Å². The van der Waals surface area contributed by atoms with E-state index in [1.165, 1.54) is 17.6 Å². The summed E-state index contributed by atoms with van der Waals surface area (Å²) in [5.74, 6) is 0. The van der Waals surface area contributed by atoms with Gasteiger partial charge in [0.15, 0.2) is 0 Å². The zero-order valence-corrected chi connectivity index (χ0v) is 11.1. The number of hydrogen-bond acceptors (Lipinski definition) is 1. The van der Waals surface area contributed by atoms with Gasteiger partial charge in [-0.3, -0.25) is 0 Å². The highest BCUT2D eigenvalue weighted by Crippen LogP contribution is 2.18. The molecule has 0 heterocycles. The summed E-state index contributed by atoms with van der Waals surface area (Å²) in [4.78, 5) is 0. The van der Waals surface area contributed by atoms with Crippen LogP contribution in [-0.2, 0) is 0 Å². The van der Waals surface area contributed by atoms with Crippen molar-refractivity contribution >= 4 is 17.7 Å². The van der Waals surface area contributed by atoms with E-state index in [0.717, 1.165) is 23.7 Å². The lowest BCUT2D eigenvalue weighted by molar-refractivity contribution is 0.715. The van der Waals surface area contributed by atoms with Crippen LogP contribution in [0.4, 0.5) is 0 Å². The molecule has 0 saturated heterocycles. The lowest BCUT2D eigenvalue weighted by Gasteiger charge is -2.04. The Kier molecular flexibility index (Phi) is 5.58. The largest absolute Gasteiger partial charge is 0.313 e. The summed E-state index contributed by atoms with van der Waals surface area (Å²) in [7, 11) is 0. The number of aryl methyl sites for hydroxylation is 1. The summed E-state index contributed by atoms with van der Waals surface area (Å²) >= 11 is 6.08. The van der Waals surface area contributed by atoms with E-state index in [2.05, 4.69) is 37.4 Å². The van der Waals surface area contributed by atoms with Crippen LogP contribution in [0.25, 0.3) is 6.08 Å². The van der Waals surface area contributed by atoms with Crippen molar-refractivity contribution < 1.29 is 0 Å². The van der Waals surface area contributed by atoms with Gasteiger partial charge in [0, 0.05) is 11.6 Å². The van der Waals surface area contributed by atoms with Gasteiger partial charge in [-0.1, -0.05) is 42.3 Å². The molecule has 0 bridgehead atoms. The van der Waals surface area contributed by atoms with Gasteiger partial charge in [0.1, 0.15) is 0 Å². The van der Waals surface area contributed by atoms with Crippen molar-refractivity contribution in [3.8, 4) is 0 Å². The minimum atomic E-state index is 0.836. The first-order valence-corrected chi connectivity index (χ1v) is 6.15. The maximum atomic E-state index is 6.08. The Morgan fingerprint density at radius 1 is 1.44 bits per heavy atom. The average Bonchev–Trinajstić information content (AvgIpc) is 2.24. The van der Waals surface area contributed by atoms with E-state index in [4.69, 9.17) is 11.6 Å². The summed E-state index contributed by atoms with van der Waals surface area (Å²) < 4.78 is 0. The Morgan fingerprint density at radius 2 is 2.19 bits per heavy atom. The van der Waals surface area contributed by atoms with Crippen molar-refractivity contribution in [2.75, 3.05) is 13.1 Å². The fraction of sp³-hybridized carbons (Fsp3) is 0.429. The molecule has 0 aromatic heterocycles. The molecule has 0 fully saturated rings. The van der Waals surface area contributed by atoms with Gasteiger partial charge < -0.3 is 5.32 Å². The number of benzene rings is 1. The van der Waals surface area contributed by atoms with Crippen molar-refractivity contribution in [3.63, 3.8) is 0 Å². The molecule has 16 heavy (non-hydrogen) atoms. The molecule has 0 amide bonds. The van der Waals surface area contributed by atoms with Gasteiger partial charge in [-0.15, -0.1) is 0 Å². The molecular weight excluding hydrogens is 218 g/mol. The molecule has 0 aliphatic heterocycles. The van der Waals surface area contributed by atoms with Crippen molar-refractivity contribution in [2.45, 2.75) is 27.2 Å². The number of rotatable bonds is 5. The third kappa shape index (κ3) is 4.38. The standard InChI is InChI=1S/C14H20ClN/c1-4-7-16-10-11(2)8-13-6-5-12(3)14(15)9-13/h5-6,8-9,16H,4,7,10H2,1-3H3/b11-8+. The third-order valence-corrected chi connectivity index (χ3v) is 2.85. The number of hydrogen-bond donors (Lipinski definition) is 1. The van der Waals surface area contributed by atoms with Crippen LogP contribution in [0.15, 0.2) is 23.8 Å². The summed E-state index contributed by atoms with van der Waals surface area (Å²) in [5, 5.41) is 4.22. The van der Waals surface area contributed by atoms with Crippen LogP contribution in [0.2, 0.25) is 5.02 Å². The van der Waals surface area contributed by atoms with Crippen LogP contribution >= 0.6 is 11.6 Å². The Bertz CT molecular complexity index is 369. The van der Waals surface area contributed by atoms with Crippen LogP contribution in [-0.4, -0.2) is 13.1 Å². The van der Waals surface area contributed by atoms with Gasteiger partial charge in [-0.2, -0.15) is 0 Å². The quantitative estimate of drug-likeness (QED) is 0.762. The van der Waals surface area contributed by atoms with E-state index in [1.807, 2.05) is 13.0 Å². The minimum Gasteiger partial charge on any atom is -0.313 e.